The van der Waals surface area contributed by atoms with Crippen LogP contribution in [0.15, 0.2) is 36.5 Å². The second-order valence-corrected chi connectivity index (χ2v) is 3.96. The SMILES string of the molecule is CCN(c1ccccc1F)c1nccc(CO)c1F. The number of aliphatic hydroxyl groups excluding tert-OH is 1. The Kier molecular flexibility index (Phi) is 4.06. The number of hydrogen-bond donors (Lipinski definition) is 1. The molecule has 19 heavy (non-hydrogen) atoms. The van der Waals surface area contributed by atoms with E-state index in [1.807, 2.05) is 0 Å². The second-order valence-electron chi connectivity index (χ2n) is 3.96. The molecule has 0 bridgehead atoms. The minimum Gasteiger partial charge on any atom is -0.392 e. The van der Waals surface area contributed by atoms with Crippen molar-refractivity contribution in [1.82, 2.24) is 4.98 Å². The minimum absolute atomic E-state index is 0.0131. The van der Waals surface area contributed by atoms with Crippen LogP contribution in [0.3, 0.4) is 0 Å². The predicted molar refractivity (Wildman–Crippen MR) is 69.2 cm³/mol. The molecule has 0 fully saturated rings. The Morgan fingerprint density at radius 2 is 1.95 bits per heavy atom. The lowest BCUT2D eigenvalue weighted by atomic mass is 10.2. The summed E-state index contributed by atoms with van der Waals surface area (Å²) in [5.41, 5.74) is 0.395. The van der Waals surface area contributed by atoms with Gasteiger partial charge in [-0.15, -0.1) is 0 Å². The highest BCUT2D eigenvalue weighted by molar-refractivity contribution is 5.61. The van der Waals surface area contributed by atoms with Gasteiger partial charge in [0.2, 0.25) is 0 Å². The maximum absolute atomic E-state index is 14.1. The van der Waals surface area contributed by atoms with Gasteiger partial charge in [0.05, 0.1) is 12.3 Å². The third kappa shape index (κ3) is 2.56. The number of benzene rings is 1. The summed E-state index contributed by atoms with van der Waals surface area (Å²) < 4.78 is 27.9. The van der Waals surface area contributed by atoms with Gasteiger partial charge in [-0.1, -0.05) is 12.1 Å². The number of rotatable bonds is 4. The van der Waals surface area contributed by atoms with Crippen molar-refractivity contribution in [2.75, 3.05) is 11.4 Å². The van der Waals surface area contributed by atoms with Crippen LogP contribution < -0.4 is 4.90 Å². The molecule has 0 saturated carbocycles. The molecule has 0 saturated heterocycles. The summed E-state index contributed by atoms with van der Waals surface area (Å²) >= 11 is 0. The topological polar surface area (TPSA) is 36.4 Å². The molecule has 0 amide bonds. The molecule has 0 aliphatic carbocycles. The number of nitrogens with zero attached hydrogens (tertiary/aromatic N) is 2. The summed E-state index contributed by atoms with van der Waals surface area (Å²) in [6, 6.07) is 7.51. The molecule has 2 aromatic rings. The smallest absolute Gasteiger partial charge is 0.171 e. The number of pyridine rings is 1. The highest BCUT2D eigenvalue weighted by atomic mass is 19.1. The van der Waals surface area contributed by atoms with Crippen molar-refractivity contribution in [3.8, 4) is 0 Å². The lowest BCUT2D eigenvalue weighted by Crippen LogP contribution is -2.20. The van der Waals surface area contributed by atoms with Gasteiger partial charge in [0, 0.05) is 18.3 Å². The van der Waals surface area contributed by atoms with Gasteiger partial charge in [0.15, 0.2) is 11.6 Å². The molecule has 1 aromatic heterocycles. The summed E-state index contributed by atoms with van der Waals surface area (Å²) in [5.74, 6) is -1.06. The van der Waals surface area contributed by atoms with Crippen molar-refractivity contribution in [2.24, 2.45) is 0 Å². The number of hydrogen-bond acceptors (Lipinski definition) is 3. The van der Waals surface area contributed by atoms with Crippen LogP contribution in [0.1, 0.15) is 12.5 Å². The van der Waals surface area contributed by atoms with Crippen molar-refractivity contribution >= 4 is 11.5 Å². The maximum atomic E-state index is 14.1. The number of aliphatic hydroxyl groups is 1. The second kappa shape index (κ2) is 5.75. The quantitative estimate of drug-likeness (QED) is 0.922. The van der Waals surface area contributed by atoms with Gasteiger partial charge in [-0.25, -0.2) is 13.8 Å². The van der Waals surface area contributed by atoms with E-state index >= 15 is 0 Å². The van der Waals surface area contributed by atoms with Crippen molar-refractivity contribution in [3.05, 3.63) is 53.7 Å². The van der Waals surface area contributed by atoms with Crippen LogP contribution in [0.5, 0.6) is 0 Å². The van der Waals surface area contributed by atoms with E-state index < -0.39 is 18.2 Å². The molecule has 0 spiro atoms. The predicted octanol–water partition coefficient (Wildman–Crippen LogP) is 3.01. The van der Waals surface area contributed by atoms with E-state index in [0.29, 0.717) is 6.54 Å². The number of para-hydroxylation sites is 1. The average molecular weight is 264 g/mol. The minimum atomic E-state index is -0.630. The largest absolute Gasteiger partial charge is 0.392 e. The normalized spacial score (nSPS) is 10.5. The van der Waals surface area contributed by atoms with Crippen LogP contribution in [-0.2, 0) is 6.61 Å². The number of anilines is 2. The van der Waals surface area contributed by atoms with Crippen LogP contribution in [0, 0.1) is 11.6 Å². The summed E-state index contributed by atoms with van der Waals surface area (Å²) in [7, 11) is 0. The van der Waals surface area contributed by atoms with Gasteiger partial charge in [-0.2, -0.15) is 0 Å². The van der Waals surface area contributed by atoms with Gasteiger partial charge >= 0.3 is 0 Å². The molecule has 0 radical (unpaired) electrons. The van der Waals surface area contributed by atoms with E-state index in [4.69, 9.17) is 5.11 Å². The zero-order chi connectivity index (χ0) is 13.8. The van der Waals surface area contributed by atoms with Crippen molar-refractivity contribution in [1.29, 1.82) is 0 Å². The molecule has 0 unspecified atom stereocenters. The fraction of sp³-hybridized carbons (Fsp3) is 0.214. The Morgan fingerprint density at radius 3 is 2.58 bits per heavy atom. The van der Waals surface area contributed by atoms with Crippen molar-refractivity contribution < 1.29 is 13.9 Å². The third-order valence-electron chi connectivity index (χ3n) is 2.84. The van der Waals surface area contributed by atoms with Crippen molar-refractivity contribution in [3.63, 3.8) is 0 Å². The monoisotopic (exact) mass is 264 g/mol. The Balaban J connectivity index is 2.52. The summed E-state index contributed by atoms with van der Waals surface area (Å²) in [6.07, 6.45) is 1.40. The van der Waals surface area contributed by atoms with Gasteiger partial charge < -0.3 is 10.0 Å². The first-order valence-corrected chi connectivity index (χ1v) is 5.95. The molecule has 2 rings (SSSR count). The Morgan fingerprint density at radius 1 is 1.21 bits per heavy atom. The molecule has 0 aliphatic rings. The molecule has 3 nitrogen and oxygen atoms in total. The summed E-state index contributed by atoms with van der Waals surface area (Å²) in [5, 5.41) is 9.06. The van der Waals surface area contributed by atoms with E-state index in [1.165, 1.54) is 23.2 Å². The summed E-state index contributed by atoms with van der Waals surface area (Å²) in [4.78, 5) is 5.38. The molecule has 0 aliphatic heterocycles. The fourth-order valence-electron chi connectivity index (χ4n) is 1.89. The molecule has 1 aromatic carbocycles. The standard InChI is InChI=1S/C14H14F2N2O/c1-2-18(12-6-4-3-5-11(12)15)14-13(16)10(9-19)7-8-17-14/h3-8,19H,2,9H2,1H3. The average Bonchev–Trinajstić information content (AvgIpc) is 2.43. The molecule has 1 N–H and O–H groups in total. The van der Waals surface area contributed by atoms with Crippen LogP contribution in [0.25, 0.3) is 0 Å². The first kappa shape index (κ1) is 13.4. The highest BCUT2D eigenvalue weighted by Crippen LogP contribution is 2.29. The number of aromatic nitrogens is 1. The molecular formula is C14H14F2N2O. The first-order chi connectivity index (χ1) is 9.19. The Bertz CT molecular complexity index is 575. The molecular weight excluding hydrogens is 250 g/mol. The van der Waals surface area contributed by atoms with Crippen molar-refractivity contribution in [2.45, 2.75) is 13.5 Å². The zero-order valence-electron chi connectivity index (χ0n) is 10.5. The van der Waals surface area contributed by atoms with Crippen LogP contribution in [-0.4, -0.2) is 16.6 Å². The van der Waals surface area contributed by atoms with Gasteiger partial charge in [-0.05, 0) is 25.1 Å². The lowest BCUT2D eigenvalue weighted by molar-refractivity contribution is 0.275. The van der Waals surface area contributed by atoms with Gasteiger partial charge in [0.1, 0.15) is 5.82 Å². The van der Waals surface area contributed by atoms with Crippen LogP contribution >= 0.6 is 0 Å². The van der Waals surface area contributed by atoms with Gasteiger partial charge in [-0.3, -0.25) is 0 Å². The third-order valence-corrected chi connectivity index (χ3v) is 2.84. The van der Waals surface area contributed by atoms with E-state index in [0.717, 1.165) is 0 Å². The Hall–Kier alpha value is -2.01. The Labute approximate surface area is 110 Å². The zero-order valence-corrected chi connectivity index (χ0v) is 10.5. The molecule has 0 atom stereocenters. The molecule has 1 heterocycles. The summed E-state index contributed by atoms with van der Waals surface area (Å²) in [6.45, 7) is 1.72. The van der Waals surface area contributed by atoms with Crippen LogP contribution in [0.2, 0.25) is 0 Å². The highest BCUT2D eigenvalue weighted by Gasteiger charge is 2.18. The first-order valence-electron chi connectivity index (χ1n) is 5.95. The van der Waals surface area contributed by atoms with E-state index in [1.54, 1.807) is 25.1 Å². The molecule has 100 valence electrons. The maximum Gasteiger partial charge on any atom is 0.171 e. The van der Waals surface area contributed by atoms with Crippen LogP contribution in [0.4, 0.5) is 20.3 Å². The van der Waals surface area contributed by atoms with E-state index in [9.17, 15) is 8.78 Å². The lowest BCUT2D eigenvalue weighted by Gasteiger charge is -2.23. The van der Waals surface area contributed by atoms with E-state index in [2.05, 4.69) is 4.98 Å². The van der Waals surface area contributed by atoms with Gasteiger partial charge in [0.25, 0.3) is 0 Å². The fourth-order valence-corrected chi connectivity index (χ4v) is 1.89. The molecule has 5 heteroatoms. The van der Waals surface area contributed by atoms with E-state index in [-0.39, 0.29) is 17.1 Å². The number of halogens is 2.